The van der Waals surface area contributed by atoms with Gasteiger partial charge in [-0.25, -0.2) is 8.42 Å². The monoisotopic (exact) mass is 282 g/mol. The molecule has 0 aliphatic heterocycles. The predicted molar refractivity (Wildman–Crippen MR) is 63.5 cm³/mol. The first-order valence-electron chi connectivity index (χ1n) is 5.17. The molecular weight excluding hydrogens is 264 g/mol. The first kappa shape index (κ1) is 16.8. The van der Waals surface area contributed by atoms with Crippen LogP contribution in [0.5, 0.6) is 0 Å². The highest BCUT2D eigenvalue weighted by atomic mass is 32.2. The van der Waals surface area contributed by atoms with Crippen LogP contribution in [0.4, 0.5) is 0 Å². The van der Waals surface area contributed by atoms with Crippen LogP contribution in [0.15, 0.2) is 0 Å². The zero-order valence-electron chi connectivity index (χ0n) is 10.5. The van der Waals surface area contributed by atoms with E-state index in [0.29, 0.717) is 10.9 Å². The van der Waals surface area contributed by atoms with Gasteiger partial charge in [0.2, 0.25) is 15.9 Å². The Labute approximate surface area is 106 Å². The maximum absolute atomic E-state index is 11.7. The number of carboxylic acid groups (broad SMARTS) is 1. The number of nitrogens with zero attached hydrogens (tertiary/aromatic N) is 1. The number of carbonyl (C=O) groups excluding carboxylic acids is 1. The highest BCUT2D eigenvalue weighted by Crippen LogP contribution is 2.06. The van der Waals surface area contributed by atoms with E-state index >= 15 is 0 Å². The van der Waals surface area contributed by atoms with Gasteiger partial charge in [0.25, 0.3) is 0 Å². The molecule has 9 heteroatoms. The first-order valence-corrected chi connectivity index (χ1v) is 6.67. The van der Waals surface area contributed by atoms with Gasteiger partial charge in [0.1, 0.15) is 0 Å². The van der Waals surface area contributed by atoms with E-state index in [0.717, 1.165) is 14.0 Å². The number of likely N-dealkylation sites (N-methyl/N-ethyl adjacent to an activating group) is 1. The Bertz CT molecular complexity index is 394. The molecule has 0 saturated carbocycles. The fourth-order valence-electron chi connectivity index (χ4n) is 1.04. The molecular formula is C9H18N2O6S. The van der Waals surface area contributed by atoms with Crippen molar-refractivity contribution in [2.24, 2.45) is 0 Å². The number of hydrogen-bond acceptors (Lipinski definition) is 5. The van der Waals surface area contributed by atoms with Crippen molar-refractivity contribution < 1.29 is 27.9 Å². The Kier molecular flexibility index (Phi) is 6.81. The first-order chi connectivity index (χ1) is 8.23. The van der Waals surface area contributed by atoms with Gasteiger partial charge in [-0.15, -0.1) is 0 Å². The number of methoxy groups -OCH3 is 1. The average Bonchev–Trinajstić information content (AvgIpc) is 2.27. The van der Waals surface area contributed by atoms with Gasteiger partial charge in [-0.3, -0.25) is 9.59 Å². The van der Waals surface area contributed by atoms with Gasteiger partial charge < -0.3 is 15.2 Å². The predicted octanol–water partition coefficient (Wildman–Crippen LogP) is -1.52. The summed E-state index contributed by atoms with van der Waals surface area (Å²) in [6.45, 7) is 1.20. The van der Waals surface area contributed by atoms with Crippen molar-refractivity contribution in [3.63, 3.8) is 0 Å². The lowest BCUT2D eigenvalue weighted by atomic mass is 10.5. The van der Waals surface area contributed by atoms with Crippen LogP contribution in [0, 0.1) is 0 Å². The van der Waals surface area contributed by atoms with Crippen LogP contribution in [0.25, 0.3) is 0 Å². The minimum Gasteiger partial charge on any atom is -0.480 e. The van der Waals surface area contributed by atoms with Crippen molar-refractivity contribution in [3.8, 4) is 0 Å². The van der Waals surface area contributed by atoms with Gasteiger partial charge in [0.05, 0.1) is 13.2 Å². The summed E-state index contributed by atoms with van der Waals surface area (Å²) in [5.74, 6) is -1.97. The molecule has 0 radical (unpaired) electrons. The molecule has 0 aliphatic rings. The van der Waals surface area contributed by atoms with Crippen LogP contribution < -0.4 is 5.32 Å². The van der Waals surface area contributed by atoms with Crippen LogP contribution in [0.1, 0.15) is 6.92 Å². The summed E-state index contributed by atoms with van der Waals surface area (Å²) in [5, 5.41) is 9.50. The van der Waals surface area contributed by atoms with E-state index in [-0.39, 0.29) is 6.54 Å². The number of aliphatic carboxylic acids is 1. The molecule has 106 valence electrons. The molecule has 0 aromatic carbocycles. The molecule has 18 heavy (non-hydrogen) atoms. The summed E-state index contributed by atoms with van der Waals surface area (Å²) >= 11 is 0. The average molecular weight is 282 g/mol. The van der Waals surface area contributed by atoms with Crippen molar-refractivity contribution in [2.45, 2.75) is 12.2 Å². The topological polar surface area (TPSA) is 113 Å². The Morgan fingerprint density at radius 2 is 2.00 bits per heavy atom. The molecule has 0 aliphatic carbocycles. The third-order valence-corrected chi connectivity index (χ3v) is 4.32. The molecule has 0 rings (SSSR count). The third kappa shape index (κ3) is 4.98. The van der Waals surface area contributed by atoms with E-state index in [1.807, 2.05) is 0 Å². The van der Waals surface area contributed by atoms with Crippen LogP contribution >= 0.6 is 0 Å². The van der Waals surface area contributed by atoms with E-state index in [2.05, 4.69) is 5.32 Å². The van der Waals surface area contributed by atoms with Gasteiger partial charge >= 0.3 is 5.97 Å². The highest BCUT2D eigenvalue weighted by molar-refractivity contribution is 7.90. The largest absolute Gasteiger partial charge is 0.480 e. The smallest absolute Gasteiger partial charge is 0.323 e. The maximum atomic E-state index is 11.7. The van der Waals surface area contributed by atoms with Crippen LogP contribution in [-0.4, -0.2) is 68.8 Å². The van der Waals surface area contributed by atoms with Crippen molar-refractivity contribution >= 4 is 21.9 Å². The van der Waals surface area contributed by atoms with E-state index in [4.69, 9.17) is 9.84 Å². The number of nitrogens with one attached hydrogen (secondary N) is 1. The van der Waals surface area contributed by atoms with Crippen molar-refractivity contribution in [1.29, 1.82) is 0 Å². The van der Waals surface area contributed by atoms with Gasteiger partial charge in [0, 0.05) is 20.7 Å². The molecule has 2 N–H and O–H groups in total. The standard InChI is InChI=1S/C9H18N2O6S/c1-7(9(13)14)18(15,16)11(2)6-8(12)10-4-5-17-3/h7H,4-6H2,1-3H3,(H,10,12)(H,13,14). The number of hydrogen-bond donors (Lipinski definition) is 2. The fraction of sp³-hybridized carbons (Fsp3) is 0.778. The van der Waals surface area contributed by atoms with E-state index in [9.17, 15) is 18.0 Å². The molecule has 0 aromatic rings. The van der Waals surface area contributed by atoms with Crippen molar-refractivity contribution in [2.75, 3.05) is 33.9 Å². The lowest BCUT2D eigenvalue weighted by Gasteiger charge is -2.19. The number of sulfonamides is 1. The number of carboxylic acids is 1. The molecule has 0 bridgehead atoms. The zero-order valence-corrected chi connectivity index (χ0v) is 11.4. The second-order valence-electron chi connectivity index (χ2n) is 3.62. The van der Waals surface area contributed by atoms with Crippen LogP contribution in [-0.2, 0) is 24.3 Å². The van der Waals surface area contributed by atoms with Gasteiger partial charge in [-0.2, -0.15) is 4.31 Å². The second kappa shape index (κ2) is 7.29. The summed E-state index contributed by atoms with van der Waals surface area (Å²) in [6.07, 6.45) is 0. The number of carbonyl (C=O) groups is 2. The minimum absolute atomic E-state index is 0.262. The Morgan fingerprint density at radius 1 is 1.44 bits per heavy atom. The SMILES string of the molecule is COCCNC(=O)CN(C)S(=O)(=O)C(C)C(=O)O. The highest BCUT2D eigenvalue weighted by Gasteiger charge is 2.32. The molecule has 0 spiro atoms. The van der Waals surface area contributed by atoms with Gasteiger partial charge in [-0.1, -0.05) is 0 Å². The summed E-state index contributed by atoms with van der Waals surface area (Å²) in [4.78, 5) is 22.0. The molecule has 0 fully saturated rings. The molecule has 8 nitrogen and oxygen atoms in total. The molecule has 0 saturated heterocycles. The van der Waals surface area contributed by atoms with Crippen LogP contribution in [0.3, 0.4) is 0 Å². The Balaban J connectivity index is 4.44. The number of rotatable bonds is 8. The molecule has 1 amide bonds. The summed E-state index contributed by atoms with van der Waals surface area (Å²) < 4.78 is 28.8. The molecule has 1 atom stereocenters. The normalized spacial score (nSPS) is 13.3. The van der Waals surface area contributed by atoms with Crippen molar-refractivity contribution in [1.82, 2.24) is 9.62 Å². The lowest BCUT2D eigenvalue weighted by molar-refractivity contribution is -0.136. The van der Waals surface area contributed by atoms with E-state index < -0.39 is 33.7 Å². The lowest BCUT2D eigenvalue weighted by Crippen LogP contribution is -2.44. The maximum Gasteiger partial charge on any atom is 0.323 e. The fourth-order valence-corrected chi connectivity index (χ4v) is 2.13. The van der Waals surface area contributed by atoms with E-state index in [1.165, 1.54) is 7.11 Å². The minimum atomic E-state index is -4.02. The van der Waals surface area contributed by atoms with Crippen LogP contribution in [0.2, 0.25) is 0 Å². The second-order valence-corrected chi connectivity index (χ2v) is 5.98. The van der Waals surface area contributed by atoms with E-state index in [1.54, 1.807) is 0 Å². The third-order valence-electron chi connectivity index (χ3n) is 2.22. The Hall–Kier alpha value is -1.19. The summed E-state index contributed by atoms with van der Waals surface area (Å²) in [7, 11) is -1.40. The van der Waals surface area contributed by atoms with Gasteiger partial charge in [-0.05, 0) is 6.92 Å². The Morgan fingerprint density at radius 3 is 2.44 bits per heavy atom. The zero-order chi connectivity index (χ0) is 14.3. The van der Waals surface area contributed by atoms with Crippen molar-refractivity contribution in [3.05, 3.63) is 0 Å². The number of ether oxygens (including phenoxy) is 1. The number of amides is 1. The molecule has 1 unspecified atom stereocenters. The quantitative estimate of drug-likeness (QED) is 0.523. The molecule has 0 aromatic heterocycles. The summed E-state index contributed by atoms with van der Waals surface area (Å²) in [5.41, 5.74) is 0. The summed E-state index contributed by atoms with van der Waals surface area (Å²) in [6, 6.07) is 0. The molecule has 0 heterocycles. The van der Waals surface area contributed by atoms with Gasteiger partial charge in [0.15, 0.2) is 5.25 Å².